The third kappa shape index (κ3) is 5.96. The van der Waals surface area contributed by atoms with Crippen molar-refractivity contribution in [1.29, 1.82) is 5.26 Å². The van der Waals surface area contributed by atoms with Crippen LogP contribution in [-0.2, 0) is 6.18 Å². The quantitative estimate of drug-likeness (QED) is 0.482. The van der Waals surface area contributed by atoms with E-state index in [0.29, 0.717) is 56.0 Å². The number of carbonyl (C=O) groups is 1. The Hall–Kier alpha value is -4.60. The maximum atomic E-state index is 13.7. The second-order valence-corrected chi connectivity index (χ2v) is 10.1. The van der Waals surface area contributed by atoms with Crippen molar-refractivity contribution in [3.63, 3.8) is 0 Å². The van der Waals surface area contributed by atoms with Crippen LogP contribution in [0.5, 0.6) is 5.75 Å². The standard InChI is InChI=1S/C28H28F3N7O3/c1-18-7-8-38(22-16-34-35-26(39)25(22)28(29,30)31)23(18)17-41-21-4-2-3-20(13-21)27(40)37-11-9-36(10-12-37)24-6-5-19(14-32)15-33-24/h2-6,13,15-16,18,23H,7-12,17H2,1H3,(H,35,39)/t18-,23-/m1/s1. The lowest BCUT2D eigenvalue weighted by Crippen LogP contribution is -2.49. The molecule has 2 fully saturated rings. The van der Waals surface area contributed by atoms with Crippen molar-refractivity contribution >= 4 is 17.4 Å². The van der Waals surface area contributed by atoms with Gasteiger partial charge in [-0.3, -0.25) is 9.59 Å². The molecule has 5 rings (SSSR count). The van der Waals surface area contributed by atoms with Crippen LogP contribution in [0.3, 0.4) is 0 Å². The lowest BCUT2D eigenvalue weighted by molar-refractivity contribution is -0.138. The van der Waals surface area contributed by atoms with Gasteiger partial charge in [-0.2, -0.15) is 23.5 Å². The molecule has 2 saturated heterocycles. The molecular formula is C28H28F3N7O3. The molecule has 3 aromatic rings. The highest BCUT2D eigenvalue weighted by Gasteiger charge is 2.42. The van der Waals surface area contributed by atoms with Gasteiger partial charge in [-0.05, 0) is 42.7 Å². The largest absolute Gasteiger partial charge is 0.491 e. The molecule has 2 aliphatic rings. The van der Waals surface area contributed by atoms with E-state index in [1.807, 2.05) is 18.1 Å². The van der Waals surface area contributed by atoms with Crippen LogP contribution in [0.1, 0.15) is 34.8 Å². The van der Waals surface area contributed by atoms with E-state index in [9.17, 15) is 22.8 Å². The number of pyridine rings is 1. The van der Waals surface area contributed by atoms with Crippen LogP contribution < -0.4 is 20.1 Å². The van der Waals surface area contributed by atoms with E-state index in [2.05, 4.69) is 15.0 Å². The molecule has 1 aromatic carbocycles. The van der Waals surface area contributed by atoms with E-state index in [-0.39, 0.29) is 24.1 Å². The third-order valence-electron chi connectivity index (χ3n) is 7.58. The summed E-state index contributed by atoms with van der Waals surface area (Å²) in [6.07, 6.45) is -1.65. The summed E-state index contributed by atoms with van der Waals surface area (Å²) in [4.78, 5) is 34.9. The minimum Gasteiger partial charge on any atom is -0.491 e. The molecule has 4 heterocycles. The number of aromatic amines is 1. The van der Waals surface area contributed by atoms with Crippen molar-refractivity contribution in [2.75, 3.05) is 49.1 Å². The second-order valence-electron chi connectivity index (χ2n) is 10.1. The number of amides is 1. The number of halogens is 3. The molecule has 10 nitrogen and oxygen atoms in total. The first-order chi connectivity index (χ1) is 19.7. The predicted octanol–water partition coefficient (Wildman–Crippen LogP) is 3.31. The first-order valence-electron chi connectivity index (χ1n) is 13.2. The average Bonchev–Trinajstić information content (AvgIpc) is 3.35. The molecule has 0 radical (unpaired) electrons. The van der Waals surface area contributed by atoms with Crippen LogP contribution in [0.15, 0.2) is 53.6 Å². The van der Waals surface area contributed by atoms with Gasteiger partial charge in [-0.25, -0.2) is 10.1 Å². The Labute approximate surface area is 234 Å². The van der Waals surface area contributed by atoms with E-state index < -0.39 is 23.3 Å². The zero-order valence-electron chi connectivity index (χ0n) is 22.3. The number of aromatic nitrogens is 3. The minimum absolute atomic E-state index is 0.00192. The molecule has 2 aliphatic heterocycles. The number of anilines is 2. The van der Waals surface area contributed by atoms with Crippen LogP contribution in [0.2, 0.25) is 0 Å². The van der Waals surface area contributed by atoms with Crippen molar-refractivity contribution in [3.8, 4) is 11.8 Å². The molecule has 0 unspecified atom stereocenters. The van der Waals surface area contributed by atoms with E-state index in [1.54, 1.807) is 41.3 Å². The highest BCUT2D eigenvalue weighted by molar-refractivity contribution is 5.94. The Morgan fingerprint density at radius 1 is 1.15 bits per heavy atom. The first-order valence-corrected chi connectivity index (χ1v) is 13.2. The summed E-state index contributed by atoms with van der Waals surface area (Å²) in [5.74, 6) is 1.03. The fourth-order valence-corrected chi connectivity index (χ4v) is 5.30. The van der Waals surface area contributed by atoms with Gasteiger partial charge in [-0.1, -0.05) is 13.0 Å². The number of piperazine rings is 1. The number of hydrogen-bond acceptors (Lipinski definition) is 8. The molecule has 2 atom stereocenters. The summed E-state index contributed by atoms with van der Waals surface area (Å²) in [7, 11) is 0. The number of carbonyl (C=O) groups excluding carboxylic acids is 1. The minimum atomic E-state index is -4.83. The Balaban J connectivity index is 1.23. The van der Waals surface area contributed by atoms with Gasteiger partial charge >= 0.3 is 6.18 Å². The molecule has 214 valence electrons. The number of rotatable bonds is 6. The Bertz CT molecular complexity index is 1500. The summed E-state index contributed by atoms with van der Waals surface area (Å²) in [6, 6.07) is 11.9. The third-order valence-corrected chi connectivity index (χ3v) is 7.58. The molecule has 0 saturated carbocycles. The summed E-state index contributed by atoms with van der Waals surface area (Å²) < 4.78 is 47.1. The summed E-state index contributed by atoms with van der Waals surface area (Å²) in [5, 5.41) is 14.4. The van der Waals surface area contributed by atoms with Gasteiger partial charge in [0, 0.05) is 44.5 Å². The molecule has 1 amide bonds. The van der Waals surface area contributed by atoms with E-state index in [0.717, 1.165) is 12.0 Å². The van der Waals surface area contributed by atoms with Gasteiger partial charge in [0.2, 0.25) is 0 Å². The van der Waals surface area contributed by atoms with Gasteiger partial charge in [0.1, 0.15) is 29.8 Å². The molecule has 13 heteroatoms. The number of H-pyrrole nitrogens is 1. The smallest absolute Gasteiger partial charge is 0.423 e. The summed E-state index contributed by atoms with van der Waals surface area (Å²) in [6.45, 7) is 4.48. The van der Waals surface area contributed by atoms with E-state index >= 15 is 0 Å². The molecule has 0 aliphatic carbocycles. The van der Waals surface area contributed by atoms with E-state index in [1.165, 1.54) is 11.1 Å². The van der Waals surface area contributed by atoms with Gasteiger partial charge in [0.15, 0.2) is 0 Å². The maximum absolute atomic E-state index is 13.7. The Morgan fingerprint density at radius 3 is 2.61 bits per heavy atom. The highest BCUT2D eigenvalue weighted by atomic mass is 19.4. The zero-order valence-corrected chi connectivity index (χ0v) is 22.3. The van der Waals surface area contributed by atoms with Crippen LogP contribution in [-0.4, -0.2) is 71.4 Å². The molecule has 0 spiro atoms. The van der Waals surface area contributed by atoms with Gasteiger partial charge in [-0.15, -0.1) is 0 Å². The van der Waals surface area contributed by atoms with Gasteiger partial charge in [0.05, 0.1) is 23.5 Å². The number of hydrogen-bond donors (Lipinski definition) is 1. The summed E-state index contributed by atoms with van der Waals surface area (Å²) >= 11 is 0. The molecule has 41 heavy (non-hydrogen) atoms. The SMILES string of the molecule is C[C@@H]1CCN(c2cn[nH]c(=O)c2C(F)(F)F)[C@@H]1COc1cccc(C(=O)N2CCN(c3ccc(C#N)cn3)CC2)c1. The maximum Gasteiger partial charge on any atom is 0.423 e. The predicted molar refractivity (Wildman–Crippen MR) is 144 cm³/mol. The van der Waals surface area contributed by atoms with Crippen LogP contribution >= 0.6 is 0 Å². The lowest BCUT2D eigenvalue weighted by atomic mass is 10.0. The first kappa shape index (κ1) is 27.9. The number of ether oxygens (including phenoxy) is 1. The normalized spacial score (nSPS) is 19.2. The molecule has 1 N–H and O–H groups in total. The zero-order chi connectivity index (χ0) is 29.1. The van der Waals surface area contributed by atoms with Crippen molar-refractivity contribution in [3.05, 3.63) is 75.8 Å². The highest BCUT2D eigenvalue weighted by Crippen LogP contribution is 2.37. The Morgan fingerprint density at radius 2 is 1.93 bits per heavy atom. The molecule has 2 aromatic heterocycles. The van der Waals surface area contributed by atoms with Crippen molar-refractivity contribution < 1.29 is 22.7 Å². The number of benzene rings is 1. The second kappa shape index (κ2) is 11.5. The van der Waals surface area contributed by atoms with Crippen LogP contribution in [0.4, 0.5) is 24.7 Å². The lowest BCUT2D eigenvalue weighted by Gasteiger charge is -2.35. The average molecular weight is 568 g/mol. The Kier molecular flexibility index (Phi) is 7.83. The van der Waals surface area contributed by atoms with Crippen molar-refractivity contribution in [2.24, 2.45) is 5.92 Å². The number of nitrogens with zero attached hydrogens (tertiary/aromatic N) is 6. The molecular weight excluding hydrogens is 539 g/mol. The fourth-order valence-electron chi connectivity index (χ4n) is 5.30. The number of alkyl halides is 3. The number of nitrogens with one attached hydrogen (secondary N) is 1. The monoisotopic (exact) mass is 567 g/mol. The summed E-state index contributed by atoms with van der Waals surface area (Å²) in [5.41, 5.74) is -1.89. The van der Waals surface area contributed by atoms with Gasteiger partial charge in [0.25, 0.3) is 11.5 Å². The number of nitriles is 1. The van der Waals surface area contributed by atoms with E-state index in [4.69, 9.17) is 10.00 Å². The topological polar surface area (TPSA) is 118 Å². The fraction of sp³-hybridized carbons (Fsp3) is 0.393. The molecule has 0 bridgehead atoms. The van der Waals surface area contributed by atoms with Gasteiger partial charge < -0.3 is 19.4 Å². The van der Waals surface area contributed by atoms with Crippen molar-refractivity contribution in [2.45, 2.75) is 25.6 Å². The van der Waals surface area contributed by atoms with Crippen LogP contribution in [0.25, 0.3) is 0 Å². The van der Waals surface area contributed by atoms with Crippen molar-refractivity contribution in [1.82, 2.24) is 20.1 Å². The van der Waals surface area contributed by atoms with Crippen LogP contribution in [0, 0.1) is 17.2 Å².